The van der Waals surface area contributed by atoms with E-state index in [1.807, 2.05) is 12.1 Å². The summed E-state index contributed by atoms with van der Waals surface area (Å²) in [4.78, 5) is 2.49. The SMILES string of the molecule is CC1CN(c2cccc(S(N)(=O)=O)c2CCC2OCCc3ccccc32)CCN1. The quantitative estimate of drug-likeness (QED) is 0.783. The molecule has 0 aromatic heterocycles. The fourth-order valence-corrected chi connectivity index (χ4v) is 5.33. The second-order valence-electron chi connectivity index (χ2n) is 7.95. The van der Waals surface area contributed by atoms with E-state index in [4.69, 9.17) is 9.88 Å². The van der Waals surface area contributed by atoms with Crippen LogP contribution in [-0.2, 0) is 27.6 Å². The minimum atomic E-state index is -3.80. The molecule has 6 nitrogen and oxygen atoms in total. The number of anilines is 1. The Morgan fingerprint density at radius 2 is 2.03 bits per heavy atom. The molecule has 0 aliphatic carbocycles. The Hall–Kier alpha value is -1.93. The summed E-state index contributed by atoms with van der Waals surface area (Å²) >= 11 is 0. The van der Waals surface area contributed by atoms with Crippen LogP contribution in [0.3, 0.4) is 0 Å². The summed E-state index contributed by atoms with van der Waals surface area (Å²) in [6.45, 7) is 5.39. The van der Waals surface area contributed by atoms with Gasteiger partial charge in [0.05, 0.1) is 17.6 Å². The molecule has 0 spiro atoms. The first kappa shape index (κ1) is 20.3. The molecular weight excluding hydrogens is 386 g/mol. The second kappa shape index (κ2) is 8.44. The van der Waals surface area contributed by atoms with Gasteiger partial charge in [-0.05, 0) is 55.0 Å². The molecule has 4 rings (SSSR count). The number of hydrogen-bond acceptors (Lipinski definition) is 5. The van der Waals surface area contributed by atoms with Crippen molar-refractivity contribution < 1.29 is 13.2 Å². The van der Waals surface area contributed by atoms with Crippen molar-refractivity contribution in [2.75, 3.05) is 31.1 Å². The van der Waals surface area contributed by atoms with Crippen molar-refractivity contribution in [2.45, 2.75) is 43.2 Å². The largest absolute Gasteiger partial charge is 0.373 e. The molecule has 2 aromatic carbocycles. The van der Waals surface area contributed by atoms with Gasteiger partial charge in [-0.2, -0.15) is 0 Å². The molecule has 2 aliphatic heterocycles. The van der Waals surface area contributed by atoms with Crippen LogP contribution in [0.5, 0.6) is 0 Å². The van der Waals surface area contributed by atoms with E-state index < -0.39 is 10.0 Å². The first-order chi connectivity index (χ1) is 13.9. The van der Waals surface area contributed by atoms with E-state index in [1.54, 1.807) is 12.1 Å². The molecule has 2 unspecified atom stereocenters. The number of ether oxygens (including phenoxy) is 1. The van der Waals surface area contributed by atoms with Gasteiger partial charge in [0.25, 0.3) is 0 Å². The lowest BCUT2D eigenvalue weighted by Crippen LogP contribution is -2.49. The molecule has 2 aliphatic rings. The summed E-state index contributed by atoms with van der Waals surface area (Å²) in [5.74, 6) is 0. The number of benzene rings is 2. The van der Waals surface area contributed by atoms with Gasteiger partial charge in [-0.3, -0.25) is 0 Å². The number of primary sulfonamides is 1. The third-order valence-electron chi connectivity index (χ3n) is 5.87. The number of nitrogens with two attached hydrogens (primary N) is 1. The van der Waals surface area contributed by atoms with Crippen LogP contribution in [0.15, 0.2) is 47.4 Å². The summed E-state index contributed by atoms with van der Waals surface area (Å²) in [6.07, 6.45) is 2.21. The summed E-state index contributed by atoms with van der Waals surface area (Å²) in [7, 11) is -3.80. The molecule has 3 N–H and O–H groups in total. The third-order valence-corrected chi connectivity index (χ3v) is 6.87. The Morgan fingerprint density at radius 3 is 2.83 bits per heavy atom. The van der Waals surface area contributed by atoms with Crippen LogP contribution in [0.2, 0.25) is 0 Å². The average molecular weight is 416 g/mol. The van der Waals surface area contributed by atoms with Crippen molar-refractivity contribution in [1.29, 1.82) is 0 Å². The fourth-order valence-electron chi connectivity index (χ4n) is 4.51. The normalized spacial score (nSPS) is 22.3. The molecule has 156 valence electrons. The monoisotopic (exact) mass is 415 g/mol. The van der Waals surface area contributed by atoms with Crippen LogP contribution in [0, 0.1) is 0 Å². The maximum atomic E-state index is 12.3. The Bertz CT molecular complexity index is 977. The van der Waals surface area contributed by atoms with Crippen molar-refractivity contribution in [3.63, 3.8) is 0 Å². The summed E-state index contributed by atoms with van der Waals surface area (Å²) < 4.78 is 30.7. The summed E-state index contributed by atoms with van der Waals surface area (Å²) in [5, 5.41) is 9.01. The van der Waals surface area contributed by atoms with Crippen LogP contribution in [0.4, 0.5) is 5.69 Å². The maximum absolute atomic E-state index is 12.3. The Labute approximate surface area is 173 Å². The van der Waals surface area contributed by atoms with Crippen molar-refractivity contribution in [3.8, 4) is 0 Å². The standard InChI is InChI=1S/C22H29N3O3S/c1-16-15-25(13-12-24-16)20-7-4-8-22(29(23,26)27)19(20)9-10-21-18-6-3-2-5-17(18)11-14-28-21/h2-8,16,21,24H,9-15H2,1H3,(H2,23,26,27). The minimum Gasteiger partial charge on any atom is -0.373 e. The molecule has 2 atom stereocenters. The smallest absolute Gasteiger partial charge is 0.238 e. The van der Waals surface area contributed by atoms with Gasteiger partial charge in [0.2, 0.25) is 10.0 Å². The zero-order chi connectivity index (χ0) is 20.4. The van der Waals surface area contributed by atoms with Crippen molar-refractivity contribution in [3.05, 3.63) is 59.2 Å². The predicted molar refractivity (Wildman–Crippen MR) is 115 cm³/mol. The average Bonchev–Trinajstić information content (AvgIpc) is 2.71. The van der Waals surface area contributed by atoms with E-state index in [0.29, 0.717) is 19.1 Å². The zero-order valence-electron chi connectivity index (χ0n) is 16.8. The first-order valence-corrected chi connectivity index (χ1v) is 11.8. The van der Waals surface area contributed by atoms with Crippen LogP contribution in [0.1, 0.15) is 36.1 Å². The number of nitrogens with zero attached hydrogens (tertiary/aromatic N) is 1. The molecule has 2 aromatic rings. The highest BCUT2D eigenvalue weighted by molar-refractivity contribution is 7.89. The van der Waals surface area contributed by atoms with E-state index >= 15 is 0 Å². The van der Waals surface area contributed by atoms with E-state index in [2.05, 4.69) is 35.3 Å². The highest BCUT2D eigenvalue weighted by Gasteiger charge is 2.26. The number of nitrogens with one attached hydrogen (secondary N) is 1. The molecule has 0 amide bonds. The molecule has 7 heteroatoms. The fraction of sp³-hybridized carbons (Fsp3) is 0.455. The summed E-state index contributed by atoms with van der Waals surface area (Å²) in [6, 6.07) is 14.1. The lowest BCUT2D eigenvalue weighted by atomic mass is 9.93. The molecule has 0 saturated carbocycles. The Morgan fingerprint density at radius 1 is 1.21 bits per heavy atom. The van der Waals surface area contributed by atoms with Gasteiger partial charge in [0.1, 0.15) is 0 Å². The lowest BCUT2D eigenvalue weighted by Gasteiger charge is -2.35. The Kier molecular flexibility index (Phi) is 5.92. The van der Waals surface area contributed by atoms with Gasteiger partial charge in [-0.1, -0.05) is 30.3 Å². The van der Waals surface area contributed by atoms with Crippen LogP contribution < -0.4 is 15.4 Å². The molecule has 1 fully saturated rings. The van der Waals surface area contributed by atoms with Gasteiger partial charge in [-0.15, -0.1) is 0 Å². The van der Waals surface area contributed by atoms with Crippen LogP contribution >= 0.6 is 0 Å². The second-order valence-corrected chi connectivity index (χ2v) is 9.48. The third kappa shape index (κ3) is 4.48. The van der Waals surface area contributed by atoms with E-state index in [1.165, 1.54) is 11.1 Å². The van der Waals surface area contributed by atoms with Crippen LogP contribution in [0.25, 0.3) is 0 Å². The van der Waals surface area contributed by atoms with Gasteiger partial charge < -0.3 is 15.0 Å². The molecule has 0 radical (unpaired) electrons. The van der Waals surface area contributed by atoms with Gasteiger partial charge >= 0.3 is 0 Å². The lowest BCUT2D eigenvalue weighted by molar-refractivity contribution is 0.0367. The van der Waals surface area contributed by atoms with Gasteiger partial charge in [-0.25, -0.2) is 13.6 Å². The zero-order valence-corrected chi connectivity index (χ0v) is 17.6. The predicted octanol–water partition coefficient (Wildman–Crippen LogP) is 2.38. The maximum Gasteiger partial charge on any atom is 0.238 e. The first-order valence-electron chi connectivity index (χ1n) is 10.3. The minimum absolute atomic E-state index is 0.0247. The number of piperazine rings is 1. The van der Waals surface area contributed by atoms with Crippen molar-refractivity contribution >= 4 is 15.7 Å². The number of rotatable bonds is 5. The highest BCUT2D eigenvalue weighted by atomic mass is 32.2. The van der Waals surface area contributed by atoms with E-state index in [0.717, 1.165) is 43.7 Å². The van der Waals surface area contributed by atoms with Gasteiger partial charge in [0, 0.05) is 31.4 Å². The van der Waals surface area contributed by atoms with Crippen LogP contribution in [-0.4, -0.2) is 40.7 Å². The summed E-state index contributed by atoms with van der Waals surface area (Å²) in [5.41, 5.74) is 4.30. The van der Waals surface area contributed by atoms with Gasteiger partial charge in [0.15, 0.2) is 0 Å². The van der Waals surface area contributed by atoms with Crippen molar-refractivity contribution in [1.82, 2.24) is 5.32 Å². The Balaban J connectivity index is 1.65. The number of fused-ring (bicyclic) bond motifs is 1. The molecule has 29 heavy (non-hydrogen) atoms. The number of sulfonamides is 1. The molecular formula is C22H29N3O3S. The van der Waals surface area contributed by atoms with Crippen molar-refractivity contribution in [2.24, 2.45) is 5.14 Å². The van der Waals surface area contributed by atoms with E-state index in [-0.39, 0.29) is 11.0 Å². The number of hydrogen-bond donors (Lipinski definition) is 2. The molecule has 0 bridgehead atoms. The highest BCUT2D eigenvalue weighted by Crippen LogP contribution is 2.34. The molecule has 2 heterocycles. The van der Waals surface area contributed by atoms with E-state index in [9.17, 15) is 8.42 Å². The molecule has 1 saturated heterocycles. The topological polar surface area (TPSA) is 84.7 Å².